The minimum Gasteiger partial charge on any atom is -0.330 e. The fourth-order valence-electron chi connectivity index (χ4n) is 2.95. The summed E-state index contributed by atoms with van der Waals surface area (Å²) in [5.74, 6) is 0.286. The maximum absolute atomic E-state index is 12.7. The van der Waals surface area contributed by atoms with Crippen molar-refractivity contribution in [3.05, 3.63) is 17.0 Å². The zero-order chi connectivity index (χ0) is 14.8. The molecule has 0 spiro atoms. The molecule has 2 N–H and O–H groups in total. The molecule has 0 bridgehead atoms. The number of aryl methyl sites for hydroxylation is 1. The van der Waals surface area contributed by atoms with Gasteiger partial charge in [0.2, 0.25) is 0 Å². The molecule has 1 heterocycles. The number of nitrogens with zero attached hydrogens (tertiary/aromatic N) is 1. The van der Waals surface area contributed by atoms with Crippen molar-refractivity contribution >= 4 is 21.4 Å². The molecule has 0 radical (unpaired) electrons. The second-order valence-corrected chi connectivity index (χ2v) is 8.84. The highest BCUT2D eigenvalue weighted by Crippen LogP contribution is 2.32. The Morgan fingerprint density at radius 1 is 1.35 bits per heavy atom. The van der Waals surface area contributed by atoms with Gasteiger partial charge in [0.1, 0.15) is 4.21 Å². The first-order chi connectivity index (χ1) is 9.50. The summed E-state index contributed by atoms with van der Waals surface area (Å²) >= 11 is 1.38. The van der Waals surface area contributed by atoms with Crippen molar-refractivity contribution < 1.29 is 8.42 Å². The fourth-order valence-corrected chi connectivity index (χ4v) is 5.88. The van der Waals surface area contributed by atoms with Crippen molar-refractivity contribution in [2.24, 2.45) is 11.7 Å². The predicted molar refractivity (Wildman–Crippen MR) is 83.4 cm³/mol. The Balaban J connectivity index is 2.23. The monoisotopic (exact) mass is 316 g/mol. The predicted octanol–water partition coefficient (Wildman–Crippen LogP) is 2.45. The normalized spacial score (nSPS) is 24.2. The summed E-state index contributed by atoms with van der Waals surface area (Å²) in [6, 6.07) is 3.69. The first kappa shape index (κ1) is 15.9. The van der Waals surface area contributed by atoms with Crippen LogP contribution in [0.1, 0.15) is 37.5 Å². The molecule has 0 aromatic carbocycles. The number of rotatable bonds is 5. The molecular weight excluding hydrogens is 292 g/mol. The van der Waals surface area contributed by atoms with Gasteiger partial charge in [0, 0.05) is 18.0 Å². The summed E-state index contributed by atoms with van der Waals surface area (Å²) in [4.78, 5) is 1.11. The van der Waals surface area contributed by atoms with Crippen LogP contribution in [0.25, 0.3) is 0 Å². The Kier molecular flexibility index (Phi) is 5.23. The summed E-state index contributed by atoms with van der Waals surface area (Å²) in [5.41, 5.74) is 5.82. The van der Waals surface area contributed by atoms with Crippen LogP contribution in [0.3, 0.4) is 0 Å². The van der Waals surface area contributed by atoms with Crippen LogP contribution in [0.2, 0.25) is 0 Å². The lowest BCUT2D eigenvalue weighted by Crippen LogP contribution is -2.45. The molecule has 6 heteroatoms. The minimum absolute atomic E-state index is 0.0472. The molecule has 0 saturated heterocycles. The first-order valence-electron chi connectivity index (χ1n) is 7.27. The van der Waals surface area contributed by atoms with Crippen LogP contribution in [0.5, 0.6) is 0 Å². The van der Waals surface area contributed by atoms with Crippen LogP contribution in [0, 0.1) is 5.92 Å². The summed E-state index contributed by atoms with van der Waals surface area (Å²) in [7, 11) is -1.67. The first-order valence-corrected chi connectivity index (χ1v) is 9.53. The number of nitrogens with two attached hydrogens (primary N) is 1. The molecular formula is C14H24N2O2S2. The third-order valence-electron chi connectivity index (χ3n) is 4.26. The van der Waals surface area contributed by atoms with E-state index in [1.165, 1.54) is 11.3 Å². The molecule has 2 unspecified atom stereocenters. The summed E-state index contributed by atoms with van der Waals surface area (Å²) in [6.45, 7) is 2.60. The molecule has 1 aromatic rings. The van der Waals surface area contributed by atoms with Gasteiger partial charge in [0.15, 0.2) is 0 Å². The molecule has 1 fully saturated rings. The number of hydrogen-bond donors (Lipinski definition) is 1. The van der Waals surface area contributed by atoms with Gasteiger partial charge in [0.05, 0.1) is 0 Å². The largest absolute Gasteiger partial charge is 0.330 e. The van der Waals surface area contributed by atoms with Crippen molar-refractivity contribution in [2.45, 2.75) is 49.3 Å². The Morgan fingerprint density at radius 2 is 2.05 bits per heavy atom. The molecule has 4 nitrogen and oxygen atoms in total. The summed E-state index contributed by atoms with van der Waals surface area (Å²) in [6.07, 6.45) is 5.07. The van der Waals surface area contributed by atoms with Gasteiger partial charge in [0.25, 0.3) is 10.0 Å². The Hall–Kier alpha value is -0.430. The van der Waals surface area contributed by atoms with Crippen molar-refractivity contribution in [3.63, 3.8) is 0 Å². The topological polar surface area (TPSA) is 63.4 Å². The van der Waals surface area contributed by atoms with Crippen molar-refractivity contribution in [1.29, 1.82) is 0 Å². The third kappa shape index (κ3) is 3.08. The van der Waals surface area contributed by atoms with E-state index >= 15 is 0 Å². The van der Waals surface area contributed by atoms with E-state index in [2.05, 4.69) is 0 Å². The average Bonchev–Trinajstić information content (AvgIpc) is 2.96. The van der Waals surface area contributed by atoms with E-state index in [1.54, 1.807) is 17.4 Å². The van der Waals surface area contributed by atoms with Crippen molar-refractivity contribution in [1.82, 2.24) is 4.31 Å². The lowest BCUT2D eigenvalue weighted by Gasteiger charge is -2.36. The smallest absolute Gasteiger partial charge is 0.252 e. The van der Waals surface area contributed by atoms with Crippen LogP contribution in [-0.4, -0.2) is 32.4 Å². The van der Waals surface area contributed by atoms with Gasteiger partial charge < -0.3 is 5.73 Å². The van der Waals surface area contributed by atoms with Crippen molar-refractivity contribution in [3.8, 4) is 0 Å². The SMILES string of the molecule is CCc1ccc(S(=O)(=O)N(C)C2CCCCC2CN)s1. The lowest BCUT2D eigenvalue weighted by molar-refractivity contribution is 0.204. The zero-order valence-corrected chi connectivity index (χ0v) is 13.8. The molecule has 1 saturated carbocycles. The molecule has 0 aliphatic heterocycles. The summed E-state index contributed by atoms with van der Waals surface area (Å²) in [5, 5.41) is 0. The van der Waals surface area contributed by atoms with Gasteiger partial charge >= 0.3 is 0 Å². The Morgan fingerprint density at radius 3 is 2.65 bits per heavy atom. The second kappa shape index (κ2) is 6.56. The molecule has 20 heavy (non-hydrogen) atoms. The van der Waals surface area contributed by atoms with E-state index in [0.717, 1.165) is 37.0 Å². The molecule has 114 valence electrons. The number of thiophene rings is 1. The average molecular weight is 316 g/mol. The van der Waals surface area contributed by atoms with Gasteiger partial charge in [-0.1, -0.05) is 19.8 Å². The molecule has 1 aromatic heterocycles. The van der Waals surface area contributed by atoms with E-state index in [0.29, 0.717) is 10.8 Å². The van der Waals surface area contributed by atoms with E-state index in [9.17, 15) is 8.42 Å². The van der Waals surface area contributed by atoms with Crippen LogP contribution in [-0.2, 0) is 16.4 Å². The lowest BCUT2D eigenvalue weighted by atomic mass is 9.85. The van der Waals surface area contributed by atoms with Crippen LogP contribution >= 0.6 is 11.3 Å². The van der Waals surface area contributed by atoms with Crippen LogP contribution < -0.4 is 5.73 Å². The van der Waals surface area contributed by atoms with Gasteiger partial charge in [-0.05, 0) is 43.9 Å². The van der Waals surface area contributed by atoms with E-state index in [1.807, 2.05) is 13.0 Å². The zero-order valence-electron chi connectivity index (χ0n) is 12.2. The maximum atomic E-state index is 12.7. The minimum atomic E-state index is -3.37. The van der Waals surface area contributed by atoms with E-state index in [4.69, 9.17) is 5.73 Å². The van der Waals surface area contributed by atoms with Gasteiger partial charge in [-0.2, -0.15) is 4.31 Å². The van der Waals surface area contributed by atoms with E-state index < -0.39 is 10.0 Å². The van der Waals surface area contributed by atoms with Gasteiger partial charge in [-0.3, -0.25) is 0 Å². The molecule has 1 aliphatic carbocycles. The highest BCUT2D eigenvalue weighted by molar-refractivity contribution is 7.91. The Bertz CT molecular complexity index is 539. The summed E-state index contributed by atoms with van der Waals surface area (Å²) < 4.78 is 27.5. The number of hydrogen-bond acceptors (Lipinski definition) is 4. The van der Waals surface area contributed by atoms with Gasteiger partial charge in [-0.15, -0.1) is 11.3 Å². The molecule has 2 rings (SSSR count). The quantitative estimate of drug-likeness (QED) is 0.907. The third-order valence-corrected chi connectivity index (χ3v) is 7.84. The molecule has 1 aliphatic rings. The van der Waals surface area contributed by atoms with Crippen LogP contribution in [0.15, 0.2) is 16.3 Å². The van der Waals surface area contributed by atoms with E-state index in [-0.39, 0.29) is 12.0 Å². The molecule has 0 amide bonds. The highest BCUT2D eigenvalue weighted by Gasteiger charge is 2.35. The number of sulfonamides is 1. The fraction of sp³-hybridized carbons (Fsp3) is 0.714. The maximum Gasteiger partial charge on any atom is 0.252 e. The highest BCUT2D eigenvalue weighted by atomic mass is 32.2. The van der Waals surface area contributed by atoms with Gasteiger partial charge in [-0.25, -0.2) is 8.42 Å². The van der Waals surface area contributed by atoms with Crippen LogP contribution in [0.4, 0.5) is 0 Å². The molecule has 2 atom stereocenters. The Labute approximate surface area is 126 Å². The van der Waals surface area contributed by atoms with Crippen molar-refractivity contribution in [2.75, 3.05) is 13.6 Å². The standard InChI is InChI=1S/C14H24N2O2S2/c1-3-12-8-9-14(19-12)20(17,18)16(2)13-7-5-4-6-11(13)10-15/h8-9,11,13H,3-7,10,15H2,1-2H3. The second-order valence-electron chi connectivity index (χ2n) is 5.44.